The lowest BCUT2D eigenvalue weighted by molar-refractivity contribution is -0.125. The second kappa shape index (κ2) is 8.31. The van der Waals surface area contributed by atoms with Gasteiger partial charge in [0.2, 0.25) is 5.91 Å². The normalized spacial score (nSPS) is 14.2. The van der Waals surface area contributed by atoms with Crippen molar-refractivity contribution in [2.75, 3.05) is 25.2 Å². The van der Waals surface area contributed by atoms with Crippen molar-refractivity contribution in [3.63, 3.8) is 0 Å². The summed E-state index contributed by atoms with van der Waals surface area (Å²) in [4.78, 5) is 26.2. The van der Waals surface area contributed by atoms with E-state index in [1.54, 1.807) is 19.2 Å². The van der Waals surface area contributed by atoms with E-state index < -0.39 is 0 Å². The van der Waals surface area contributed by atoms with Crippen LogP contribution in [0.15, 0.2) is 45.3 Å². The van der Waals surface area contributed by atoms with Gasteiger partial charge in [-0.1, -0.05) is 22.0 Å². The van der Waals surface area contributed by atoms with Crippen LogP contribution >= 0.6 is 31.9 Å². The van der Waals surface area contributed by atoms with Crippen LogP contribution in [0.3, 0.4) is 0 Å². The smallest absolute Gasteiger partial charge is 0.265 e. The van der Waals surface area contributed by atoms with E-state index in [-0.39, 0.29) is 31.0 Å². The van der Waals surface area contributed by atoms with E-state index in [0.29, 0.717) is 11.4 Å². The minimum Gasteiger partial charge on any atom is -0.496 e. The average molecular weight is 498 g/mol. The number of hydrogen-bond donors (Lipinski definition) is 1. The number of hydrogen-bond acceptors (Lipinski definition) is 4. The number of carbonyl (C=O) groups excluding carboxylic acids is 2. The zero-order valence-corrected chi connectivity index (χ0v) is 18.0. The number of nitrogens with zero attached hydrogens (tertiary/aromatic N) is 1. The average Bonchev–Trinajstić information content (AvgIpc) is 2.64. The lowest BCUT2D eigenvalue weighted by Crippen LogP contribution is -2.45. The van der Waals surface area contributed by atoms with Crippen molar-refractivity contribution in [3.05, 3.63) is 50.9 Å². The SMILES string of the molecule is COc1ccc(C(C)NC(=O)CN2C(=O)COc3cc(Br)ccc32)cc1Br. The molecular formula is C19H18Br2N2O4. The van der Waals surface area contributed by atoms with E-state index in [2.05, 4.69) is 37.2 Å². The van der Waals surface area contributed by atoms with Gasteiger partial charge in [0.15, 0.2) is 6.61 Å². The highest BCUT2D eigenvalue weighted by atomic mass is 79.9. The number of anilines is 1. The summed E-state index contributed by atoms with van der Waals surface area (Å²) in [7, 11) is 1.60. The number of ether oxygens (including phenoxy) is 2. The first kappa shape index (κ1) is 19.7. The van der Waals surface area contributed by atoms with Crippen molar-refractivity contribution in [1.29, 1.82) is 0 Å². The summed E-state index contributed by atoms with van der Waals surface area (Å²) < 4.78 is 12.3. The van der Waals surface area contributed by atoms with Crippen LogP contribution in [-0.2, 0) is 9.59 Å². The van der Waals surface area contributed by atoms with E-state index in [4.69, 9.17) is 9.47 Å². The van der Waals surface area contributed by atoms with Crippen molar-refractivity contribution in [3.8, 4) is 11.5 Å². The molecule has 1 aliphatic rings. The third-order valence-corrected chi connectivity index (χ3v) is 5.33. The summed E-state index contributed by atoms with van der Waals surface area (Å²) in [5.41, 5.74) is 1.51. The molecule has 0 saturated heterocycles. The number of benzene rings is 2. The molecule has 0 fully saturated rings. The molecule has 0 radical (unpaired) electrons. The summed E-state index contributed by atoms with van der Waals surface area (Å²) in [5, 5.41) is 2.93. The molecule has 142 valence electrons. The summed E-state index contributed by atoms with van der Waals surface area (Å²) in [5.74, 6) is 0.793. The van der Waals surface area contributed by atoms with Gasteiger partial charge in [-0.25, -0.2) is 0 Å². The van der Waals surface area contributed by atoms with Gasteiger partial charge in [0.05, 0.1) is 23.3 Å². The molecule has 6 nitrogen and oxygen atoms in total. The maximum atomic E-state index is 12.5. The lowest BCUT2D eigenvalue weighted by Gasteiger charge is -2.29. The molecule has 8 heteroatoms. The number of fused-ring (bicyclic) bond motifs is 1. The Balaban J connectivity index is 1.70. The second-order valence-electron chi connectivity index (χ2n) is 6.06. The minimum atomic E-state index is -0.251. The quantitative estimate of drug-likeness (QED) is 0.681. The number of rotatable bonds is 5. The van der Waals surface area contributed by atoms with Crippen LogP contribution in [0.5, 0.6) is 11.5 Å². The van der Waals surface area contributed by atoms with Gasteiger partial charge in [-0.05, 0) is 58.7 Å². The van der Waals surface area contributed by atoms with Gasteiger partial charge in [0.25, 0.3) is 5.91 Å². The van der Waals surface area contributed by atoms with Crippen LogP contribution in [0.1, 0.15) is 18.5 Å². The van der Waals surface area contributed by atoms with Gasteiger partial charge in [-0.15, -0.1) is 0 Å². The summed E-state index contributed by atoms with van der Waals surface area (Å²) in [6.45, 7) is 1.73. The van der Waals surface area contributed by atoms with E-state index in [9.17, 15) is 9.59 Å². The summed E-state index contributed by atoms with van der Waals surface area (Å²) >= 11 is 6.82. The van der Waals surface area contributed by atoms with Crippen LogP contribution in [0.25, 0.3) is 0 Å². The maximum absolute atomic E-state index is 12.5. The Morgan fingerprint density at radius 2 is 2.07 bits per heavy atom. The van der Waals surface area contributed by atoms with E-state index >= 15 is 0 Å². The molecule has 1 unspecified atom stereocenters. The van der Waals surface area contributed by atoms with Gasteiger partial charge in [0.1, 0.15) is 18.0 Å². The fourth-order valence-electron chi connectivity index (χ4n) is 2.82. The Labute approximate surface area is 174 Å². The zero-order valence-electron chi connectivity index (χ0n) is 14.8. The molecule has 1 atom stereocenters. The Morgan fingerprint density at radius 3 is 2.78 bits per heavy atom. The van der Waals surface area contributed by atoms with Crippen LogP contribution in [0.4, 0.5) is 5.69 Å². The largest absolute Gasteiger partial charge is 0.496 e. The highest BCUT2D eigenvalue weighted by Gasteiger charge is 2.27. The molecule has 0 aromatic heterocycles. The van der Waals surface area contributed by atoms with Gasteiger partial charge >= 0.3 is 0 Å². The van der Waals surface area contributed by atoms with Crippen molar-refractivity contribution in [2.45, 2.75) is 13.0 Å². The van der Waals surface area contributed by atoms with Crippen molar-refractivity contribution in [2.24, 2.45) is 0 Å². The third-order valence-electron chi connectivity index (χ3n) is 4.22. The Bertz CT molecular complexity index is 888. The van der Waals surface area contributed by atoms with E-state index in [1.807, 2.05) is 31.2 Å². The number of carbonyl (C=O) groups is 2. The second-order valence-corrected chi connectivity index (χ2v) is 7.83. The van der Waals surface area contributed by atoms with Crippen molar-refractivity contribution in [1.82, 2.24) is 5.32 Å². The lowest BCUT2D eigenvalue weighted by atomic mass is 10.1. The molecule has 1 aliphatic heterocycles. The molecular weight excluding hydrogens is 480 g/mol. The molecule has 0 aliphatic carbocycles. The Kier molecular flexibility index (Phi) is 6.06. The predicted octanol–water partition coefficient (Wildman–Crippen LogP) is 3.82. The number of methoxy groups -OCH3 is 1. The number of halogens is 2. The predicted molar refractivity (Wildman–Crippen MR) is 109 cm³/mol. The number of nitrogens with one attached hydrogen (secondary N) is 1. The fraction of sp³-hybridized carbons (Fsp3) is 0.263. The molecule has 0 bridgehead atoms. The minimum absolute atomic E-state index is 0.0709. The molecule has 1 N–H and O–H groups in total. The van der Waals surface area contributed by atoms with Crippen molar-refractivity contribution < 1.29 is 19.1 Å². The van der Waals surface area contributed by atoms with Gasteiger partial charge < -0.3 is 14.8 Å². The standard InChI is InChI=1S/C19H18Br2N2O4/c1-11(12-3-6-16(26-2)14(21)7-12)22-18(24)9-23-15-5-4-13(20)8-17(15)27-10-19(23)25/h3-8,11H,9-10H2,1-2H3,(H,22,24). The highest BCUT2D eigenvalue weighted by molar-refractivity contribution is 9.10. The molecule has 0 spiro atoms. The monoisotopic (exact) mass is 496 g/mol. The fourth-order valence-corrected chi connectivity index (χ4v) is 3.72. The van der Waals surface area contributed by atoms with Gasteiger partial charge in [-0.2, -0.15) is 0 Å². The van der Waals surface area contributed by atoms with Crippen LogP contribution < -0.4 is 19.7 Å². The zero-order chi connectivity index (χ0) is 19.6. The molecule has 27 heavy (non-hydrogen) atoms. The van der Waals surface area contributed by atoms with E-state index in [1.165, 1.54) is 4.90 Å². The molecule has 1 heterocycles. The van der Waals surface area contributed by atoms with E-state index in [0.717, 1.165) is 20.3 Å². The van der Waals surface area contributed by atoms with Gasteiger partial charge in [0, 0.05) is 4.47 Å². The third kappa shape index (κ3) is 4.44. The van der Waals surface area contributed by atoms with Crippen LogP contribution in [-0.4, -0.2) is 32.1 Å². The molecule has 0 saturated carbocycles. The van der Waals surface area contributed by atoms with Gasteiger partial charge in [-0.3, -0.25) is 14.5 Å². The molecule has 2 amide bonds. The van der Waals surface area contributed by atoms with Crippen LogP contribution in [0, 0.1) is 0 Å². The topological polar surface area (TPSA) is 67.9 Å². The maximum Gasteiger partial charge on any atom is 0.265 e. The Morgan fingerprint density at radius 1 is 1.30 bits per heavy atom. The van der Waals surface area contributed by atoms with Crippen LogP contribution in [0.2, 0.25) is 0 Å². The molecule has 3 rings (SSSR count). The summed E-state index contributed by atoms with van der Waals surface area (Å²) in [6.07, 6.45) is 0. The van der Waals surface area contributed by atoms with Crippen molar-refractivity contribution >= 4 is 49.4 Å². The first-order chi connectivity index (χ1) is 12.9. The number of amides is 2. The first-order valence-electron chi connectivity index (χ1n) is 8.24. The molecule has 2 aromatic carbocycles. The molecule has 2 aromatic rings. The summed E-state index contributed by atoms with van der Waals surface area (Å²) in [6, 6.07) is 10.8. The Hall–Kier alpha value is -2.06. The first-order valence-corrected chi connectivity index (χ1v) is 9.83. The highest BCUT2D eigenvalue weighted by Crippen LogP contribution is 2.34.